The Balaban J connectivity index is 1.69. The number of hydrogen-bond acceptors (Lipinski definition) is 6. The standard InChI is InChI=1S/C10H15N7/c1-16(8-10-7-11-3-4-12-10)5-2-6-17-9-13-14-15-17/h3-4,7,9H,2,5-6,8H2,1H3. The van der Waals surface area contributed by atoms with Crippen molar-refractivity contribution in [2.75, 3.05) is 13.6 Å². The maximum atomic E-state index is 4.23. The van der Waals surface area contributed by atoms with E-state index in [1.165, 1.54) is 0 Å². The molecule has 0 bridgehead atoms. The van der Waals surface area contributed by atoms with Crippen LogP contribution in [0.25, 0.3) is 0 Å². The molecule has 0 atom stereocenters. The van der Waals surface area contributed by atoms with Gasteiger partial charge in [-0.15, -0.1) is 5.10 Å². The van der Waals surface area contributed by atoms with Gasteiger partial charge in [-0.05, 0) is 23.9 Å². The van der Waals surface area contributed by atoms with Crippen molar-refractivity contribution in [3.8, 4) is 0 Å². The molecule has 0 amide bonds. The minimum Gasteiger partial charge on any atom is -0.300 e. The first-order valence-electron chi connectivity index (χ1n) is 5.49. The normalized spacial score (nSPS) is 10.9. The molecule has 0 spiro atoms. The first-order chi connectivity index (χ1) is 8.34. The molecule has 2 aromatic heterocycles. The van der Waals surface area contributed by atoms with Crippen LogP contribution in [-0.4, -0.2) is 48.7 Å². The molecule has 0 aromatic carbocycles. The van der Waals surface area contributed by atoms with Gasteiger partial charge in [0.2, 0.25) is 0 Å². The molecule has 0 unspecified atom stereocenters. The lowest BCUT2D eigenvalue weighted by molar-refractivity contribution is 0.307. The number of tetrazole rings is 1. The van der Waals surface area contributed by atoms with E-state index in [4.69, 9.17) is 0 Å². The summed E-state index contributed by atoms with van der Waals surface area (Å²) in [7, 11) is 2.06. The Morgan fingerprint density at radius 1 is 1.35 bits per heavy atom. The van der Waals surface area contributed by atoms with Crippen molar-refractivity contribution in [3.05, 3.63) is 30.6 Å². The lowest BCUT2D eigenvalue weighted by Gasteiger charge is -2.15. The van der Waals surface area contributed by atoms with Crippen LogP contribution in [0, 0.1) is 0 Å². The fourth-order valence-electron chi connectivity index (χ4n) is 1.55. The summed E-state index contributed by atoms with van der Waals surface area (Å²) in [4.78, 5) is 10.5. The predicted octanol–water partition coefficient (Wildman–Crippen LogP) is -0.0148. The first kappa shape index (κ1) is 11.6. The smallest absolute Gasteiger partial charge is 0.138 e. The van der Waals surface area contributed by atoms with Crippen LogP contribution in [-0.2, 0) is 13.1 Å². The molecule has 0 aliphatic rings. The molecular weight excluding hydrogens is 218 g/mol. The highest BCUT2D eigenvalue weighted by Crippen LogP contribution is 1.98. The number of aromatic nitrogens is 6. The molecule has 0 saturated carbocycles. The molecule has 0 N–H and O–H groups in total. The molecule has 0 aliphatic carbocycles. The van der Waals surface area contributed by atoms with E-state index in [1.54, 1.807) is 29.6 Å². The Hall–Kier alpha value is -1.89. The Bertz CT molecular complexity index is 413. The van der Waals surface area contributed by atoms with Gasteiger partial charge in [-0.1, -0.05) is 0 Å². The third kappa shape index (κ3) is 3.87. The summed E-state index contributed by atoms with van der Waals surface area (Å²) in [6.07, 6.45) is 7.81. The molecule has 2 heterocycles. The summed E-state index contributed by atoms with van der Waals surface area (Å²) >= 11 is 0. The molecule has 2 rings (SSSR count). The summed E-state index contributed by atoms with van der Waals surface area (Å²) < 4.78 is 1.73. The Morgan fingerprint density at radius 3 is 3.00 bits per heavy atom. The molecule has 7 nitrogen and oxygen atoms in total. The van der Waals surface area contributed by atoms with Gasteiger partial charge in [0.15, 0.2) is 0 Å². The molecule has 7 heteroatoms. The van der Waals surface area contributed by atoms with Gasteiger partial charge >= 0.3 is 0 Å². The Morgan fingerprint density at radius 2 is 2.29 bits per heavy atom. The minimum absolute atomic E-state index is 0.809. The lowest BCUT2D eigenvalue weighted by atomic mass is 10.3. The van der Waals surface area contributed by atoms with Crippen LogP contribution in [0.5, 0.6) is 0 Å². The second-order valence-electron chi connectivity index (χ2n) is 3.86. The summed E-state index contributed by atoms with van der Waals surface area (Å²) in [6.45, 7) is 2.61. The van der Waals surface area contributed by atoms with Gasteiger partial charge in [0.1, 0.15) is 6.33 Å². The largest absolute Gasteiger partial charge is 0.300 e. The second-order valence-corrected chi connectivity index (χ2v) is 3.86. The first-order valence-corrected chi connectivity index (χ1v) is 5.49. The van der Waals surface area contributed by atoms with Crippen molar-refractivity contribution >= 4 is 0 Å². The fraction of sp³-hybridized carbons (Fsp3) is 0.500. The van der Waals surface area contributed by atoms with Crippen molar-refractivity contribution in [2.45, 2.75) is 19.5 Å². The number of aryl methyl sites for hydroxylation is 1. The zero-order valence-electron chi connectivity index (χ0n) is 9.77. The van der Waals surface area contributed by atoms with Crippen LogP contribution < -0.4 is 0 Å². The molecule has 17 heavy (non-hydrogen) atoms. The molecule has 2 aromatic rings. The van der Waals surface area contributed by atoms with Gasteiger partial charge in [-0.3, -0.25) is 9.97 Å². The average molecular weight is 233 g/mol. The van der Waals surface area contributed by atoms with Crippen molar-refractivity contribution in [3.63, 3.8) is 0 Å². The third-order valence-electron chi connectivity index (χ3n) is 2.37. The fourth-order valence-corrected chi connectivity index (χ4v) is 1.55. The summed E-state index contributed by atoms with van der Waals surface area (Å²) in [5.41, 5.74) is 0.984. The average Bonchev–Trinajstić information content (AvgIpc) is 2.83. The monoisotopic (exact) mass is 233 g/mol. The van der Waals surface area contributed by atoms with Gasteiger partial charge in [0.25, 0.3) is 0 Å². The maximum absolute atomic E-state index is 4.23. The van der Waals surface area contributed by atoms with E-state index in [2.05, 4.69) is 37.4 Å². The van der Waals surface area contributed by atoms with Gasteiger partial charge in [-0.25, -0.2) is 4.68 Å². The van der Waals surface area contributed by atoms with Crippen LogP contribution in [0.3, 0.4) is 0 Å². The van der Waals surface area contributed by atoms with Crippen molar-refractivity contribution in [1.82, 2.24) is 35.1 Å². The summed E-state index contributed by atoms with van der Waals surface area (Å²) in [6, 6.07) is 0. The van der Waals surface area contributed by atoms with Crippen molar-refractivity contribution in [2.24, 2.45) is 0 Å². The van der Waals surface area contributed by atoms with E-state index < -0.39 is 0 Å². The van der Waals surface area contributed by atoms with E-state index in [0.29, 0.717) is 0 Å². The van der Waals surface area contributed by atoms with Crippen LogP contribution in [0.2, 0.25) is 0 Å². The van der Waals surface area contributed by atoms with Crippen molar-refractivity contribution < 1.29 is 0 Å². The van der Waals surface area contributed by atoms with E-state index in [9.17, 15) is 0 Å². The molecular formula is C10H15N7. The van der Waals surface area contributed by atoms with E-state index >= 15 is 0 Å². The van der Waals surface area contributed by atoms with Gasteiger partial charge in [0, 0.05) is 38.2 Å². The van der Waals surface area contributed by atoms with Crippen LogP contribution in [0.1, 0.15) is 12.1 Å². The number of hydrogen-bond donors (Lipinski definition) is 0. The quantitative estimate of drug-likeness (QED) is 0.698. The predicted molar refractivity (Wildman–Crippen MR) is 60.8 cm³/mol. The van der Waals surface area contributed by atoms with Gasteiger partial charge in [-0.2, -0.15) is 0 Å². The Labute approximate surface area is 99.5 Å². The summed E-state index contributed by atoms with van der Waals surface area (Å²) in [5, 5.41) is 11.0. The van der Waals surface area contributed by atoms with Crippen LogP contribution in [0.15, 0.2) is 24.9 Å². The van der Waals surface area contributed by atoms with E-state index in [0.717, 1.165) is 31.7 Å². The highest BCUT2D eigenvalue weighted by Gasteiger charge is 2.01. The topological polar surface area (TPSA) is 72.6 Å². The molecule has 0 aliphatic heterocycles. The lowest BCUT2D eigenvalue weighted by Crippen LogP contribution is -2.21. The van der Waals surface area contributed by atoms with E-state index in [1.807, 2.05) is 0 Å². The SMILES string of the molecule is CN(CCCn1cnnn1)Cc1cnccn1. The highest BCUT2D eigenvalue weighted by atomic mass is 15.5. The molecule has 90 valence electrons. The number of rotatable bonds is 6. The molecule has 0 radical (unpaired) electrons. The minimum atomic E-state index is 0.809. The van der Waals surface area contributed by atoms with Gasteiger partial charge in [0.05, 0.1) is 5.69 Å². The second kappa shape index (κ2) is 6.00. The highest BCUT2D eigenvalue weighted by molar-refractivity contribution is 4.93. The number of nitrogens with zero attached hydrogens (tertiary/aromatic N) is 7. The maximum Gasteiger partial charge on any atom is 0.138 e. The Kier molecular flexibility index (Phi) is 4.09. The van der Waals surface area contributed by atoms with Crippen LogP contribution >= 0.6 is 0 Å². The van der Waals surface area contributed by atoms with Gasteiger partial charge < -0.3 is 4.90 Å². The van der Waals surface area contributed by atoms with Crippen molar-refractivity contribution in [1.29, 1.82) is 0 Å². The van der Waals surface area contributed by atoms with E-state index in [-0.39, 0.29) is 0 Å². The third-order valence-corrected chi connectivity index (χ3v) is 2.37. The molecule has 0 fully saturated rings. The molecule has 0 saturated heterocycles. The zero-order chi connectivity index (χ0) is 11.9. The van der Waals surface area contributed by atoms with Crippen LogP contribution in [0.4, 0.5) is 0 Å². The summed E-state index contributed by atoms with van der Waals surface area (Å²) in [5.74, 6) is 0. The zero-order valence-corrected chi connectivity index (χ0v) is 9.77.